The third-order valence-corrected chi connectivity index (χ3v) is 5.92. The first-order valence-corrected chi connectivity index (χ1v) is 12.0. The molecule has 3 heteroatoms. The van der Waals surface area contributed by atoms with Gasteiger partial charge in [-0.15, -0.1) is 0 Å². The van der Waals surface area contributed by atoms with Gasteiger partial charge in [0.15, 0.2) is 0 Å². The molecule has 1 heterocycles. The van der Waals surface area contributed by atoms with Gasteiger partial charge in [-0.25, -0.2) is 4.79 Å². The summed E-state index contributed by atoms with van der Waals surface area (Å²) in [5, 5.41) is 11.1. The van der Waals surface area contributed by atoms with E-state index in [1.54, 1.807) is 6.92 Å². The molecule has 3 nitrogen and oxygen atoms in total. The SMILES string of the molecule is CCCCCCCC/C=C/CCCCCCCc1cc(O)c(C)c2oc(=O)ccc12. The first-order valence-electron chi connectivity index (χ1n) is 12.0. The maximum Gasteiger partial charge on any atom is 0.336 e. The maximum atomic E-state index is 11.5. The summed E-state index contributed by atoms with van der Waals surface area (Å²) < 4.78 is 5.32. The van der Waals surface area contributed by atoms with E-state index in [0.29, 0.717) is 11.1 Å². The topological polar surface area (TPSA) is 50.4 Å². The number of aryl methyl sites for hydroxylation is 2. The molecule has 2 aromatic rings. The summed E-state index contributed by atoms with van der Waals surface area (Å²) in [5.41, 5.74) is 1.85. The fourth-order valence-corrected chi connectivity index (χ4v) is 4.01. The van der Waals surface area contributed by atoms with E-state index in [0.717, 1.165) is 23.8 Å². The maximum absolute atomic E-state index is 11.5. The Morgan fingerprint density at radius 3 is 2.13 bits per heavy atom. The van der Waals surface area contributed by atoms with Crippen molar-refractivity contribution in [3.05, 3.63) is 51.9 Å². The zero-order valence-electron chi connectivity index (χ0n) is 19.0. The molecule has 0 fully saturated rings. The number of phenols is 1. The molecule has 0 spiro atoms. The van der Waals surface area contributed by atoms with Crippen molar-refractivity contribution in [2.24, 2.45) is 0 Å². The van der Waals surface area contributed by atoms with Crippen LogP contribution in [0.3, 0.4) is 0 Å². The second-order valence-electron chi connectivity index (χ2n) is 8.51. The van der Waals surface area contributed by atoms with Crippen molar-refractivity contribution in [1.29, 1.82) is 0 Å². The molecule has 0 aliphatic rings. The molecular formula is C27H40O3. The van der Waals surface area contributed by atoms with Crippen molar-refractivity contribution in [3.8, 4) is 5.75 Å². The molecule has 2 rings (SSSR count). The molecule has 0 amide bonds. The molecule has 166 valence electrons. The zero-order chi connectivity index (χ0) is 21.6. The van der Waals surface area contributed by atoms with Crippen molar-refractivity contribution < 1.29 is 9.52 Å². The van der Waals surface area contributed by atoms with Crippen LogP contribution in [0.1, 0.15) is 102 Å². The molecule has 0 aliphatic carbocycles. The van der Waals surface area contributed by atoms with E-state index in [1.165, 1.54) is 83.1 Å². The lowest BCUT2D eigenvalue weighted by Gasteiger charge is -2.09. The number of unbranched alkanes of at least 4 members (excludes halogenated alkanes) is 11. The van der Waals surface area contributed by atoms with Crippen LogP contribution in [0.5, 0.6) is 5.75 Å². The summed E-state index contributed by atoms with van der Waals surface area (Å²) in [5.74, 6) is 0.208. The highest BCUT2D eigenvalue weighted by Crippen LogP contribution is 2.30. The quantitative estimate of drug-likeness (QED) is 0.183. The molecule has 0 saturated carbocycles. The van der Waals surface area contributed by atoms with E-state index < -0.39 is 0 Å². The molecule has 30 heavy (non-hydrogen) atoms. The Morgan fingerprint density at radius 1 is 0.867 bits per heavy atom. The highest BCUT2D eigenvalue weighted by molar-refractivity contribution is 5.85. The van der Waals surface area contributed by atoms with Gasteiger partial charge in [0.1, 0.15) is 11.3 Å². The van der Waals surface area contributed by atoms with Gasteiger partial charge in [-0.3, -0.25) is 0 Å². The molecule has 0 bridgehead atoms. The van der Waals surface area contributed by atoms with Crippen molar-refractivity contribution in [1.82, 2.24) is 0 Å². The van der Waals surface area contributed by atoms with E-state index in [2.05, 4.69) is 19.1 Å². The molecule has 1 aromatic heterocycles. The minimum Gasteiger partial charge on any atom is -0.508 e. The molecule has 1 aromatic carbocycles. The van der Waals surface area contributed by atoms with Gasteiger partial charge in [0.05, 0.1) is 0 Å². The van der Waals surface area contributed by atoms with Crippen LogP contribution in [0.15, 0.2) is 39.6 Å². The van der Waals surface area contributed by atoms with Crippen molar-refractivity contribution in [3.63, 3.8) is 0 Å². The molecule has 0 radical (unpaired) electrons. The van der Waals surface area contributed by atoms with Crippen LogP contribution in [-0.4, -0.2) is 5.11 Å². The predicted octanol–water partition coefficient (Wildman–Crippen LogP) is 8.00. The first-order chi connectivity index (χ1) is 14.6. The van der Waals surface area contributed by atoms with Gasteiger partial charge in [0.2, 0.25) is 0 Å². The lowest BCUT2D eigenvalue weighted by Crippen LogP contribution is -1.98. The second-order valence-corrected chi connectivity index (χ2v) is 8.51. The third kappa shape index (κ3) is 8.38. The van der Waals surface area contributed by atoms with Crippen LogP contribution in [0.2, 0.25) is 0 Å². The van der Waals surface area contributed by atoms with Crippen LogP contribution in [0, 0.1) is 6.92 Å². The van der Waals surface area contributed by atoms with E-state index in [4.69, 9.17) is 4.42 Å². The van der Waals surface area contributed by atoms with Gasteiger partial charge in [-0.1, -0.05) is 70.4 Å². The Balaban J connectivity index is 1.58. The highest BCUT2D eigenvalue weighted by atomic mass is 16.4. The molecule has 1 N–H and O–H groups in total. The normalized spacial score (nSPS) is 11.7. The second kappa shape index (κ2) is 14.1. The number of aromatic hydroxyl groups is 1. The van der Waals surface area contributed by atoms with Gasteiger partial charge < -0.3 is 9.52 Å². The summed E-state index contributed by atoms with van der Waals surface area (Å²) in [6.07, 6.45) is 22.4. The summed E-state index contributed by atoms with van der Waals surface area (Å²) in [4.78, 5) is 11.5. The Bertz CT molecular complexity index is 832. The van der Waals surface area contributed by atoms with E-state index in [9.17, 15) is 9.90 Å². The number of hydrogen-bond donors (Lipinski definition) is 1. The molecule has 0 atom stereocenters. The summed E-state index contributed by atoms with van der Waals surface area (Å²) in [6, 6.07) is 5.11. The Morgan fingerprint density at radius 2 is 1.47 bits per heavy atom. The molecular weight excluding hydrogens is 372 g/mol. The highest BCUT2D eigenvalue weighted by Gasteiger charge is 2.11. The van der Waals surface area contributed by atoms with Crippen molar-refractivity contribution in [2.45, 2.75) is 104 Å². The molecule has 0 saturated heterocycles. The number of allylic oxidation sites excluding steroid dienone is 2. The lowest BCUT2D eigenvalue weighted by molar-refractivity contribution is 0.467. The number of benzene rings is 1. The van der Waals surface area contributed by atoms with Gasteiger partial charge in [-0.05, 0) is 63.1 Å². The fourth-order valence-electron chi connectivity index (χ4n) is 4.01. The van der Waals surface area contributed by atoms with Gasteiger partial charge in [-0.2, -0.15) is 0 Å². The van der Waals surface area contributed by atoms with Crippen molar-refractivity contribution >= 4 is 11.0 Å². The number of rotatable bonds is 15. The molecule has 0 unspecified atom stereocenters. The van der Waals surface area contributed by atoms with Crippen molar-refractivity contribution in [2.75, 3.05) is 0 Å². The number of fused-ring (bicyclic) bond motifs is 1. The lowest BCUT2D eigenvalue weighted by atomic mass is 9.99. The van der Waals surface area contributed by atoms with Crippen LogP contribution in [-0.2, 0) is 6.42 Å². The summed E-state index contributed by atoms with van der Waals surface area (Å²) in [7, 11) is 0. The average molecular weight is 413 g/mol. The van der Waals surface area contributed by atoms with E-state index in [1.807, 2.05) is 12.1 Å². The van der Waals surface area contributed by atoms with E-state index >= 15 is 0 Å². The Labute approximate surface area is 182 Å². The standard InChI is InChI=1S/C27H40O3/c1-3-4-5-6-7-8-9-10-11-12-13-14-15-16-17-18-23-21-25(28)22(2)27-24(23)19-20-26(29)30-27/h10-11,19-21,28H,3-9,12-18H2,1-2H3/b11-10+. The van der Waals surface area contributed by atoms with Crippen LogP contribution < -0.4 is 5.63 Å². The van der Waals surface area contributed by atoms with Crippen LogP contribution >= 0.6 is 0 Å². The number of hydrogen-bond acceptors (Lipinski definition) is 3. The van der Waals surface area contributed by atoms with Gasteiger partial charge in [0, 0.05) is 17.0 Å². The minimum atomic E-state index is -0.372. The van der Waals surface area contributed by atoms with Crippen LogP contribution in [0.4, 0.5) is 0 Å². The average Bonchev–Trinajstić information content (AvgIpc) is 2.74. The summed E-state index contributed by atoms with van der Waals surface area (Å²) in [6.45, 7) is 4.05. The first kappa shape index (κ1) is 24.2. The van der Waals surface area contributed by atoms with Crippen LogP contribution in [0.25, 0.3) is 11.0 Å². The molecule has 0 aliphatic heterocycles. The van der Waals surface area contributed by atoms with E-state index in [-0.39, 0.29) is 11.4 Å². The predicted molar refractivity (Wildman–Crippen MR) is 127 cm³/mol. The number of phenolic OH excluding ortho intramolecular Hbond substituents is 1. The monoisotopic (exact) mass is 412 g/mol. The van der Waals surface area contributed by atoms with Gasteiger partial charge in [0.25, 0.3) is 0 Å². The third-order valence-electron chi connectivity index (χ3n) is 5.92. The largest absolute Gasteiger partial charge is 0.508 e. The van der Waals surface area contributed by atoms with Gasteiger partial charge >= 0.3 is 5.63 Å². The zero-order valence-corrected chi connectivity index (χ0v) is 19.0. The Hall–Kier alpha value is -2.03. The summed E-state index contributed by atoms with van der Waals surface area (Å²) >= 11 is 0. The Kier molecular flexibility index (Phi) is 11.4. The smallest absolute Gasteiger partial charge is 0.336 e. The fraction of sp³-hybridized carbons (Fsp3) is 0.593. The minimum absolute atomic E-state index is 0.208.